The lowest BCUT2D eigenvalue weighted by Crippen LogP contribution is -2.75. The maximum atomic E-state index is 12.4. The Morgan fingerprint density at radius 2 is 0.852 bits per heavy atom. The van der Waals surface area contributed by atoms with Crippen LogP contribution in [0.5, 0.6) is 0 Å². The molecule has 5 N–H and O–H groups in total. The Kier molecular flexibility index (Phi) is 38.2. The van der Waals surface area contributed by atoms with Gasteiger partial charge in [-0.1, -0.05) is 46.4 Å². The Bertz CT molecular complexity index is 4710. The molecular weight excluding hydrogens is 1610 g/mol. The predicted octanol–water partition coefficient (Wildman–Crippen LogP) is 5.32. The van der Waals surface area contributed by atoms with Crippen LogP contribution in [0.25, 0.3) is 0 Å². The number of nitrogens with one attached hydrogen (secondary N) is 4. The number of halogens is 5. The van der Waals surface area contributed by atoms with Crippen LogP contribution in [0.1, 0.15) is 101 Å². The van der Waals surface area contributed by atoms with Gasteiger partial charge in [0.1, 0.15) is 29.1 Å². The van der Waals surface area contributed by atoms with Gasteiger partial charge in [-0.3, -0.25) is 14.5 Å². The summed E-state index contributed by atoms with van der Waals surface area (Å²) in [5, 5.41) is 58.2. The van der Waals surface area contributed by atoms with E-state index in [9.17, 15) is 23.6 Å². The molecule has 0 spiro atoms. The lowest BCUT2D eigenvalue weighted by Gasteiger charge is -2.37. The van der Waals surface area contributed by atoms with Crippen molar-refractivity contribution in [3.8, 4) is 24.3 Å². The topological polar surface area (TPSA) is 302 Å². The Morgan fingerprint density at radius 1 is 0.492 bits per heavy atom. The first-order valence-corrected chi connectivity index (χ1v) is 41.8. The number of carbonyl (C=O) groups is 4. The second-order valence-electron chi connectivity index (χ2n) is 32.1. The number of hydrogen-bond donors (Lipinski definition) is 5. The van der Waals surface area contributed by atoms with Gasteiger partial charge in [0.05, 0.1) is 102 Å². The van der Waals surface area contributed by atoms with Crippen LogP contribution in [-0.4, -0.2) is 309 Å². The van der Waals surface area contributed by atoms with Crippen LogP contribution in [0.15, 0.2) is 97.3 Å². The van der Waals surface area contributed by atoms with E-state index >= 15 is 0 Å². The van der Waals surface area contributed by atoms with Crippen LogP contribution in [0.4, 0.5) is 54.1 Å². The Labute approximate surface area is 751 Å². The molecule has 122 heavy (non-hydrogen) atoms. The number of ether oxygens (including phenoxy) is 2. The van der Waals surface area contributed by atoms with Crippen LogP contribution in [0, 0.1) is 51.1 Å². The Balaban J connectivity index is 0.000000182. The first-order chi connectivity index (χ1) is 57.9. The van der Waals surface area contributed by atoms with E-state index in [4.69, 9.17) is 152 Å². The second kappa shape index (κ2) is 47.1. The Morgan fingerprint density at radius 3 is 1.22 bits per heavy atom. The molecule has 0 unspecified atom stereocenters. The maximum absolute atomic E-state index is 12.4. The maximum Gasteiger partial charge on any atom is 0.410 e. The van der Waals surface area contributed by atoms with E-state index in [1.807, 2.05) is 84.1 Å². The number of pyridine rings is 2. The van der Waals surface area contributed by atoms with Crippen molar-refractivity contribution in [1.29, 1.82) is 21.0 Å². The van der Waals surface area contributed by atoms with E-state index in [0.29, 0.717) is 63.5 Å². The summed E-state index contributed by atoms with van der Waals surface area (Å²) in [4.78, 5) is 73.3. The molecule has 0 bridgehead atoms. The molecule has 8 aliphatic rings. The van der Waals surface area contributed by atoms with Gasteiger partial charge in [-0.25, -0.2) is 23.9 Å². The summed E-state index contributed by atoms with van der Waals surface area (Å²) < 4.78 is 23.0. The highest BCUT2D eigenvalue weighted by Crippen LogP contribution is 2.38. The molecule has 46 heteroatoms. The largest absolute Gasteiger partial charge is 0.444 e. The van der Waals surface area contributed by atoms with Gasteiger partial charge in [0.25, 0.3) is 0 Å². The number of carbonyl (C=O) groups excluding carboxylic acids is 4. The van der Waals surface area contributed by atoms with Crippen molar-refractivity contribution < 1.29 is 38.1 Å². The van der Waals surface area contributed by atoms with Crippen LogP contribution in [0.3, 0.4) is 0 Å². The standard InChI is InChI=1S/C22H23ClN6O.C16H20ClN3O2.C11H12ClN3.C11H13N3O2.C9H18N2O2.C7H3ClFN.B16/c23-17-10-15(12-24)3-4-19(17)28-8-6-27(7-9-28)14-16-11-18-21(25-13-16)29-5-1-2-20(29)22(30)26-18;1-16(2,3)22-15(21)20-8-6-19(7-9-20)14-5-4-12(11-18)10-13(14)17;12-10-7-9(8-13)1-2-11(10)15-5-3-14-4-6-15;15-6-7-4-8-10(12-5-7)14-3-1-2-9(14)11(16)13-8;1-9(2,3)13-8(12)11-6-4-10-5-7-11;8-6-3-5(4-10)1-2-7(6)9;1-10(2)14(9)16(13(7)8)15(11(3)4)12(5)6/h3-4,10-11,13,20H,1-2,5-9,14H2,(H,26,30);4-5,10H,6-9H2,1-3H3;1-2,7,14H,3-6H2;4-5,9,15H,1-3,6H2,(H,13,16);10H,4-7H2,1-3H3;1-3H;/t20-;;;9-;;;/m0..0.../s1. The molecule has 18 radical (unpaired) electrons. The van der Waals surface area contributed by atoms with Gasteiger partial charge in [0, 0.05) is 251 Å². The van der Waals surface area contributed by atoms with E-state index in [1.165, 1.54) is 18.2 Å². The summed E-state index contributed by atoms with van der Waals surface area (Å²) in [6.45, 7) is 27.0. The molecule has 10 heterocycles. The van der Waals surface area contributed by atoms with Crippen molar-refractivity contribution in [2.45, 2.75) is 104 Å². The predicted molar refractivity (Wildman–Crippen MR) is 502 cm³/mol. The smallest absolute Gasteiger partial charge is 0.410 e. The first-order valence-electron chi connectivity index (χ1n) is 40.3. The molecule has 25 nitrogen and oxygen atoms in total. The number of hydrogen-bond acceptors (Lipinski definition) is 21. The second-order valence-corrected chi connectivity index (χ2v) is 33.7. The fourth-order valence-electron chi connectivity index (χ4n) is 14.6. The minimum Gasteiger partial charge on any atom is -0.444 e. The van der Waals surface area contributed by atoms with E-state index in [1.54, 1.807) is 46.3 Å². The number of piperazine rings is 4. The van der Waals surface area contributed by atoms with E-state index in [-0.39, 0.29) is 53.3 Å². The van der Waals surface area contributed by atoms with E-state index in [0.717, 1.165) is 175 Å². The number of aromatic nitrogens is 2. The number of nitriles is 4. The quantitative estimate of drug-likeness (QED) is 0.0969. The van der Waals surface area contributed by atoms with Gasteiger partial charge in [0.2, 0.25) is 11.8 Å². The number of fused-ring (bicyclic) bond motifs is 6. The average molecular weight is 1700 g/mol. The third kappa shape index (κ3) is 28.8. The number of benzene rings is 4. The molecule has 6 fully saturated rings. The molecule has 6 saturated heterocycles. The van der Waals surface area contributed by atoms with Gasteiger partial charge in [-0.15, -0.1) is 0 Å². The van der Waals surface area contributed by atoms with Crippen molar-refractivity contribution in [1.82, 2.24) is 35.3 Å². The van der Waals surface area contributed by atoms with E-state index in [2.05, 4.69) is 84.9 Å². The normalized spacial score (nSPS) is 16.8. The third-order valence-electron chi connectivity index (χ3n) is 20.8. The number of nitrogens with zero attached hydrogens (tertiary/aromatic N) is 14. The van der Waals surface area contributed by atoms with Crippen molar-refractivity contribution in [3.63, 3.8) is 0 Å². The zero-order chi connectivity index (χ0) is 89.3. The number of rotatable bonds is 12. The zero-order valence-corrected chi connectivity index (χ0v) is 72.7. The van der Waals surface area contributed by atoms with E-state index < -0.39 is 56.1 Å². The molecule has 4 aromatic carbocycles. The van der Waals surface area contributed by atoms with Crippen molar-refractivity contribution in [3.05, 3.63) is 157 Å². The number of aliphatic hydroxyl groups is 1. The van der Waals surface area contributed by atoms with Crippen molar-refractivity contribution in [2.24, 2.45) is 0 Å². The molecule has 0 saturated carbocycles. The fraction of sp³-hybridized carbons (Fsp3) is 0.447. The van der Waals surface area contributed by atoms with Crippen LogP contribution >= 0.6 is 46.4 Å². The monoisotopic (exact) mass is 1700 g/mol. The highest BCUT2D eigenvalue weighted by atomic mass is 35.5. The molecule has 4 amide bonds. The zero-order valence-electron chi connectivity index (χ0n) is 69.6. The van der Waals surface area contributed by atoms with Gasteiger partial charge < -0.3 is 70.1 Å². The number of anilines is 7. The molecule has 6 aromatic rings. The fourth-order valence-corrected chi connectivity index (χ4v) is 15.7. The number of amides is 4. The van der Waals surface area contributed by atoms with Crippen LogP contribution < -0.4 is 45.8 Å². The summed E-state index contributed by atoms with van der Waals surface area (Å²) in [7, 11) is 50.4. The minimum atomic E-state index is -0.807. The molecular formula is C76H89B16Cl4FN18O7. The molecule has 14 rings (SSSR count). The lowest BCUT2D eigenvalue weighted by molar-refractivity contribution is -0.118. The molecule has 0 aliphatic carbocycles. The number of aliphatic hydroxyl groups excluding tert-OH is 1. The highest BCUT2D eigenvalue weighted by Gasteiger charge is 2.41. The molecule has 2 aromatic heterocycles. The summed E-state index contributed by atoms with van der Waals surface area (Å²) in [6, 6.07) is 31.9. The van der Waals surface area contributed by atoms with Crippen LogP contribution in [0.2, 0.25) is 20.1 Å². The highest BCUT2D eigenvalue weighted by molar-refractivity contribution is 8.13. The first kappa shape index (κ1) is 99.0. The Hall–Kier alpha value is -8.41. The van der Waals surface area contributed by atoms with Crippen LogP contribution in [-0.2, 0) is 32.2 Å². The third-order valence-corrected chi connectivity index (χ3v) is 22.0. The van der Waals surface area contributed by atoms with Gasteiger partial charge in [0.15, 0.2) is 11.6 Å². The summed E-state index contributed by atoms with van der Waals surface area (Å²) in [5.41, 5.74) is 7.50. The average Bonchev–Trinajstić information content (AvgIpc) is 1.44. The molecule has 608 valence electrons. The molecule has 8 aliphatic heterocycles. The van der Waals surface area contributed by atoms with Gasteiger partial charge in [-0.05, 0) is 163 Å². The van der Waals surface area contributed by atoms with Crippen molar-refractivity contribution in [2.75, 3.05) is 153 Å². The molecule has 2 atom stereocenters. The van der Waals surface area contributed by atoms with Crippen molar-refractivity contribution >= 4 is 225 Å². The summed E-state index contributed by atoms with van der Waals surface area (Å²) >= 11 is 24.1. The van der Waals surface area contributed by atoms with Gasteiger partial charge in [-0.2, -0.15) is 21.0 Å². The minimum absolute atomic E-state index is 0.0148. The lowest BCUT2D eigenvalue weighted by atomic mass is 8.44. The summed E-state index contributed by atoms with van der Waals surface area (Å²) in [6.07, 6.45) is 1.96. The van der Waals surface area contributed by atoms with Gasteiger partial charge >= 0.3 is 12.2 Å². The summed E-state index contributed by atoms with van der Waals surface area (Å²) in [5.74, 6) is 1.37. The SMILES string of the molecule is CC(C)(C)OC(=O)N1CCN(c2ccc(C#N)cc2Cl)CC1.CC(C)(C)OC(=O)N1CCNCC1.N#Cc1ccc(F)c(Cl)c1.N#Cc1ccc(N2CCN(Cc3cnc4c(c3)NC(=O)[C@@H]3CCCN43)CC2)c(Cl)c1.N#Cc1ccc(N2CCNCC2)c(Cl)c1.O=C1Nc2cc(CO)cnc2N2CCC[C@@H]12.[B]B([B])B([B])B(B([B])[B])B(B([B])[B])B([B])[B].